The Morgan fingerprint density at radius 2 is 1.81 bits per heavy atom. The third-order valence-electron chi connectivity index (χ3n) is 3.58. The number of carbonyl (C=O) groups is 1. The monoisotopic (exact) mass is 307 g/mol. The molecule has 0 radical (unpaired) electrons. The minimum atomic E-state index is -3.94. The topological polar surface area (TPSA) is 94.3 Å². The minimum absolute atomic E-state index is 0.0668. The predicted octanol–water partition coefficient (Wildman–Crippen LogP) is 2.46. The van der Waals surface area contributed by atoms with E-state index < -0.39 is 25.3 Å². The van der Waals surface area contributed by atoms with Crippen molar-refractivity contribution in [3.63, 3.8) is 0 Å². The lowest BCUT2D eigenvalue weighted by molar-refractivity contribution is -0.384. The van der Waals surface area contributed by atoms with Gasteiger partial charge in [-0.2, -0.15) is 0 Å². The van der Waals surface area contributed by atoms with Gasteiger partial charge >= 0.3 is 0 Å². The van der Waals surface area contributed by atoms with Crippen LogP contribution in [0, 0.1) is 10.1 Å². The molecule has 0 spiro atoms. The number of nitro benzene ring substituents is 1. The summed E-state index contributed by atoms with van der Waals surface area (Å²) in [6.07, 6.45) is 2.59. The fourth-order valence-corrected chi connectivity index (χ4v) is 4.71. The average Bonchev–Trinajstić information content (AvgIpc) is 2.59. The normalized spacial score (nSPS) is 18.0. The quantitative estimate of drug-likeness (QED) is 0.473. The highest BCUT2D eigenvalue weighted by molar-refractivity contribution is 7.94. The first kappa shape index (κ1) is 15.1. The lowest BCUT2D eigenvalue weighted by atomic mass is 9.91. The van der Waals surface area contributed by atoms with E-state index in [1.807, 2.05) is 0 Å². The van der Waals surface area contributed by atoms with Crippen molar-refractivity contribution < 1.29 is 18.1 Å². The lowest BCUT2D eigenvalue weighted by Gasteiger charge is -2.23. The van der Waals surface area contributed by atoms with E-state index in [4.69, 9.17) is 0 Å². The smallest absolute Gasteiger partial charge is 0.270 e. The largest absolute Gasteiger partial charge is 0.292 e. The van der Waals surface area contributed by atoms with Crippen LogP contribution in [0.1, 0.15) is 23.2 Å². The van der Waals surface area contributed by atoms with Gasteiger partial charge in [0.2, 0.25) is 0 Å². The zero-order chi connectivity index (χ0) is 15.8. The zero-order valence-electron chi connectivity index (χ0n) is 11.1. The van der Waals surface area contributed by atoms with E-state index >= 15 is 0 Å². The molecule has 1 aromatic carbocycles. The van der Waals surface area contributed by atoms with Gasteiger partial charge in [-0.05, 0) is 18.9 Å². The van der Waals surface area contributed by atoms with Crippen molar-refractivity contribution in [2.24, 2.45) is 0 Å². The number of hydrogen-bond acceptors (Lipinski definition) is 5. The van der Waals surface area contributed by atoms with Crippen LogP contribution >= 0.6 is 0 Å². The zero-order valence-corrected chi connectivity index (χ0v) is 11.9. The van der Waals surface area contributed by atoms with E-state index in [2.05, 4.69) is 13.2 Å². The molecule has 2 rings (SSSR count). The van der Waals surface area contributed by atoms with Gasteiger partial charge in [-0.3, -0.25) is 14.9 Å². The van der Waals surface area contributed by atoms with Gasteiger partial charge in [0, 0.05) is 17.7 Å². The summed E-state index contributed by atoms with van der Waals surface area (Å²) in [5, 5.41) is 10.8. The molecular weight excluding hydrogens is 294 g/mol. The summed E-state index contributed by atoms with van der Waals surface area (Å²) in [4.78, 5) is 22.6. The molecule has 6 nitrogen and oxygen atoms in total. The first-order valence-corrected chi connectivity index (χ1v) is 7.60. The van der Waals surface area contributed by atoms with E-state index in [-0.39, 0.29) is 29.0 Å². The molecule has 1 aliphatic rings. The van der Waals surface area contributed by atoms with Crippen molar-refractivity contribution in [2.45, 2.75) is 22.5 Å². The second-order valence-corrected chi connectivity index (χ2v) is 6.98. The molecule has 0 fully saturated rings. The Morgan fingerprint density at radius 1 is 1.24 bits per heavy atom. The number of carbonyl (C=O) groups excluding carboxylic acids is 1. The molecule has 0 unspecified atom stereocenters. The number of nitro groups is 1. The number of rotatable bonds is 5. The van der Waals surface area contributed by atoms with Crippen LogP contribution in [0.25, 0.3) is 0 Å². The highest BCUT2D eigenvalue weighted by atomic mass is 32.2. The first-order chi connectivity index (χ1) is 9.81. The van der Waals surface area contributed by atoms with Gasteiger partial charge in [0.25, 0.3) is 5.69 Å². The van der Waals surface area contributed by atoms with E-state index in [9.17, 15) is 23.3 Å². The standard InChI is InChI=1S/C14H13NO5S/c1-3-7-14(8-4-2)13(16)11-9-10(15(17)18)5-6-12(11)21(14,19)20/h3-6,9H,1-2,7-8H2. The van der Waals surface area contributed by atoms with Crippen LogP contribution < -0.4 is 0 Å². The molecule has 0 saturated heterocycles. The van der Waals surface area contributed by atoms with Gasteiger partial charge in [-0.25, -0.2) is 8.42 Å². The Labute approximate surface area is 121 Å². The lowest BCUT2D eigenvalue weighted by Crippen LogP contribution is -2.40. The van der Waals surface area contributed by atoms with Gasteiger partial charge < -0.3 is 0 Å². The summed E-state index contributed by atoms with van der Waals surface area (Å²) in [7, 11) is -3.94. The van der Waals surface area contributed by atoms with E-state index in [0.29, 0.717) is 0 Å². The van der Waals surface area contributed by atoms with Crippen molar-refractivity contribution in [2.75, 3.05) is 0 Å². The minimum Gasteiger partial charge on any atom is -0.292 e. The summed E-state index contributed by atoms with van der Waals surface area (Å²) < 4.78 is 23.7. The van der Waals surface area contributed by atoms with Crippen molar-refractivity contribution in [3.05, 3.63) is 59.2 Å². The Morgan fingerprint density at radius 3 is 2.29 bits per heavy atom. The number of non-ortho nitro benzene ring substituents is 1. The number of hydrogen-bond donors (Lipinski definition) is 0. The first-order valence-electron chi connectivity index (χ1n) is 6.11. The number of nitrogens with zero attached hydrogens (tertiary/aromatic N) is 1. The number of ketones is 1. The summed E-state index contributed by atoms with van der Waals surface area (Å²) in [6.45, 7) is 7.00. The van der Waals surface area contributed by atoms with Gasteiger partial charge in [0.1, 0.15) is 4.75 Å². The molecule has 1 heterocycles. The third kappa shape index (κ3) is 1.92. The molecule has 0 saturated carbocycles. The van der Waals surface area contributed by atoms with Crippen LogP contribution in [0.5, 0.6) is 0 Å². The molecule has 0 amide bonds. The summed E-state index contributed by atoms with van der Waals surface area (Å²) >= 11 is 0. The molecule has 0 aromatic heterocycles. The second kappa shape index (κ2) is 4.92. The van der Waals surface area contributed by atoms with Crippen molar-refractivity contribution in [3.8, 4) is 0 Å². The highest BCUT2D eigenvalue weighted by Crippen LogP contribution is 2.45. The third-order valence-corrected chi connectivity index (χ3v) is 6.07. The van der Waals surface area contributed by atoms with E-state index in [1.54, 1.807) is 0 Å². The summed E-state index contributed by atoms with van der Waals surface area (Å²) in [5.41, 5.74) is -0.446. The Kier molecular flexibility index (Phi) is 3.54. The molecule has 0 aliphatic carbocycles. The summed E-state index contributed by atoms with van der Waals surface area (Å²) in [6, 6.07) is 3.22. The maximum absolute atomic E-state index is 12.7. The number of fused-ring (bicyclic) bond motifs is 1. The van der Waals surface area contributed by atoms with Crippen molar-refractivity contribution >= 4 is 21.3 Å². The maximum Gasteiger partial charge on any atom is 0.270 e. The number of sulfone groups is 1. The molecule has 110 valence electrons. The molecule has 0 bridgehead atoms. The molecular formula is C14H13NO5S. The maximum atomic E-state index is 12.7. The van der Waals surface area contributed by atoms with E-state index in [0.717, 1.165) is 18.2 Å². The van der Waals surface area contributed by atoms with Gasteiger partial charge in [0.15, 0.2) is 15.6 Å². The van der Waals surface area contributed by atoms with Crippen molar-refractivity contribution in [1.29, 1.82) is 0 Å². The van der Waals surface area contributed by atoms with Gasteiger partial charge in [-0.1, -0.05) is 12.2 Å². The van der Waals surface area contributed by atoms with Crippen LogP contribution in [-0.2, 0) is 9.84 Å². The fourth-order valence-electron chi connectivity index (χ4n) is 2.58. The fraction of sp³-hybridized carbons (Fsp3) is 0.214. The van der Waals surface area contributed by atoms with Crippen LogP contribution in [0.4, 0.5) is 5.69 Å². The Balaban J connectivity index is 2.76. The van der Waals surface area contributed by atoms with Gasteiger partial charge in [-0.15, -0.1) is 13.2 Å². The molecule has 1 aromatic rings. The second-order valence-electron chi connectivity index (χ2n) is 4.75. The number of allylic oxidation sites excluding steroid dienone is 2. The molecule has 0 atom stereocenters. The SMILES string of the molecule is C=CCC1(CC=C)C(=O)c2cc([N+](=O)[O-])ccc2S1(=O)=O. The van der Waals surface area contributed by atoms with Gasteiger partial charge in [0.05, 0.1) is 9.82 Å². The number of benzene rings is 1. The molecule has 0 N–H and O–H groups in total. The predicted molar refractivity (Wildman–Crippen MR) is 77.0 cm³/mol. The number of Topliss-reactive ketones (excluding diaryl/α,β-unsaturated/α-hetero) is 1. The van der Waals surface area contributed by atoms with Crippen LogP contribution in [0.2, 0.25) is 0 Å². The summed E-state index contributed by atoms with van der Waals surface area (Å²) in [5.74, 6) is -0.638. The Hall–Kier alpha value is -2.28. The van der Waals surface area contributed by atoms with Crippen LogP contribution in [-0.4, -0.2) is 23.9 Å². The van der Waals surface area contributed by atoms with E-state index in [1.165, 1.54) is 12.2 Å². The van der Waals surface area contributed by atoms with Crippen LogP contribution in [0.15, 0.2) is 48.4 Å². The van der Waals surface area contributed by atoms with Crippen molar-refractivity contribution in [1.82, 2.24) is 0 Å². The molecule has 1 aliphatic heterocycles. The molecule has 7 heteroatoms. The average molecular weight is 307 g/mol. The Bertz CT molecular complexity index is 754. The highest BCUT2D eigenvalue weighted by Gasteiger charge is 2.56. The van der Waals surface area contributed by atoms with Crippen LogP contribution in [0.3, 0.4) is 0 Å². The molecule has 21 heavy (non-hydrogen) atoms.